The fraction of sp³-hybridized carbons (Fsp3) is 0.0357. The first-order valence-corrected chi connectivity index (χ1v) is 10.3. The molecule has 3 aromatic heterocycles. The molecule has 0 saturated heterocycles. The first-order valence-electron chi connectivity index (χ1n) is 10.3. The van der Waals surface area contributed by atoms with Crippen molar-refractivity contribution in [2.24, 2.45) is 0 Å². The van der Waals surface area contributed by atoms with Crippen LogP contribution in [0.4, 0.5) is 0 Å². The monoisotopic (exact) mass is 399 g/mol. The van der Waals surface area contributed by atoms with Gasteiger partial charge >= 0.3 is 0 Å². The number of pyridine rings is 3. The average Bonchev–Trinajstić information content (AvgIpc) is 2.85. The van der Waals surface area contributed by atoms with Gasteiger partial charge in [0.25, 0.3) is 0 Å². The number of rotatable bonds is 4. The average molecular weight is 399 g/mol. The van der Waals surface area contributed by atoms with E-state index in [1.165, 1.54) is 16.7 Å². The first-order chi connectivity index (χ1) is 15.3. The first kappa shape index (κ1) is 18.9. The lowest BCUT2D eigenvalue weighted by atomic mass is 10.0. The Hall–Kier alpha value is -4.11. The lowest BCUT2D eigenvalue weighted by Crippen LogP contribution is -1.91. The smallest absolute Gasteiger partial charge is 0.0712 e. The molecule has 0 aliphatic heterocycles. The van der Waals surface area contributed by atoms with Crippen molar-refractivity contribution in [1.29, 1.82) is 0 Å². The zero-order chi connectivity index (χ0) is 21.0. The Bertz CT molecular complexity index is 1190. The van der Waals surface area contributed by atoms with Gasteiger partial charge in [-0.1, -0.05) is 48.5 Å². The van der Waals surface area contributed by atoms with E-state index in [0.29, 0.717) is 0 Å². The van der Waals surface area contributed by atoms with Gasteiger partial charge in [0.1, 0.15) is 0 Å². The van der Waals surface area contributed by atoms with Crippen molar-refractivity contribution in [3.8, 4) is 44.8 Å². The molecule has 3 nitrogen and oxygen atoms in total. The van der Waals surface area contributed by atoms with Gasteiger partial charge in [-0.15, -0.1) is 0 Å². The number of aryl methyl sites for hydroxylation is 1. The molecule has 0 aliphatic rings. The van der Waals surface area contributed by atoms with Crippen LogP contribution in [0.3, 0.4) is 0 Å². The maximum absolute atomic E-state index is 4.96. The van der Waals surface area contributed by atoms with Crippen LogP contribution < -0.4 is 0 Å². The van der Waals surface area contributed by atoms with Crippen LogP contribution in [0.1, 0.15) is 5.56 Å². The van der Waals surface area contributed by atoms with E-state index in [1.807, 2.05) is 49.1 Å². The molecular formula is C28H21N3. The van der Waals surface area contributed by atoms with Crippen molar-refractivity contribution in [2.45, 2.75) is 6.92 Å². The minimum atomic E-state index is 0.981. The second-order valence-corrected chi connectivity index (χ2v) is 7.54. The number of nitrogens with zero attached hydrogens (tertiary/aromatic N) is 3. The third-order valence-corrected chi connectivity index (χ3v) is 5.36. The Kier molecular flexibility index (Phi) is 5.07. The van der Waals surface area contributed by atoms with Crippen LogP contribution in [0.15, 0.2) is 110 Å². The molecular weight excluding hydrogens is 378 g/mol. The van der Waals surface area contributed by atoms with Crippen molar-refractivity contribution in [3.05, 3.63) is 115 Å². The molecule has 0 fully saturated rings. The maximum Gasteiger partial charge on any atom is 0.0712 e. The Morgan fingerprint density at radius 3 is 1.13 bits per heavy atom. The predicted molar refractivity (Wildman–Crippen MR) is 126 cm³/mol. The summed E-state index contributed by atoms with van der Waals surface area (Å²) in [7, 11) is 0. The minimum Gasteiger partial charge on any atom is -0.265 e. The second kappa shape index (κ2) is 8.33. The summed E-state index contributed by atoms with van der Waals surface area (Å²) < 4.78 is 0. The van der Waals surface area contributed by atoms with Crippen molar-refractivity contribution in [2.75, 3.05) is 0 Å². The van der Waals surface area contributed by atoms with Crippen molar-refractivity contribution >= 4 is 0 Å². The molecule has 3 heteroatoms. The fourth-order valence-corrected chi connectivity index (χ4v) is 3.72. The standard InChI is InChI=1S/C28H21N3/c1-20-18-27(25-6-2-21(3-7-25)23-10-14-29-15-11-23)31-28(19-20)26-8-4-22(5-9-26)24-12-16-30-17-13-24/h2-19H,1H3. The van der Waals surface area contributed by atoms with Gasteiger partial charge in [-0.2, -0.15) is 0 Å². The van der Waals surface area contributed by atoms with Gasteiger partial charge in [-0.05, 0) is 71.1 Å². The predicted octanol–water partition coefficient (Wildman–Crippen LogP) is 6.85. The lowest BCUT2D eigenvalue weighted by Gasteiger charge is -2.09. The third-order valence-electron chi connectivity index (χ3n) is 5.36. The molecule has 3 heterocycles. The minimum absolute atomic E-state index is 0.981. The normalized spacial score (nSPS) is 10.7. The lowest BCUT2D eigenvalue weighted by molar-refractivity contribution is 1.28. The summed E-state index contributed by atoms with van der Waals surface area (Å²) in [6, 6.07) is 29.4. The van der Waals surface area contributed by atoms with Crippen LogP contribution in [-0.4, -0.2) is 15.0 Å². The van der Waals surface area contributed by atoms with E-state index in [1.54, 1.807) is 0 Å². The molecule has 0 N–H and O–H groups in total. The van der Waals surface area contributed by atoms with Gasteiger partial charge in [0.05, 0.1) is 11.4 Å². The summed E-state index contributed by atoms with van der Waals surface area (Å²) >= 11 is 0. The molecule has 0 bridgehead atoms. The molecule has 0 radical (unpaired) electrons. The Morgan fingerprint density at radius 2 is 0.742 bits per heavy atom. The summed E-state index contributed by atoms with van der Waals surface area (Å²) in [6.45, 7) is 2.12. The van der Waals surface area contributed by atoms with Crippen LogP contribution in [-0.2, 0) is 0 Å². The second-order valence-electron chi connectivity index (χ2n) is 7.54. The molecule has 0 amide bonds. The van der Waals surface area contributed by atoms with E-state index in [9.17, 15) is 0 Å². The topological polar surface area (TPSA) is 38.7 Å². The maximum atomic E-state index is 4.96. The fourth-order valence-electron chi connectivity index (χ4n) is 3.72. The zero-order valence-electron chi connectivity index (χ0n) is 17.2. The molecule has 148 valence electrons. The third kappa shape index (κ3) is 4.12. The molecule has 0 aliphatic carbocycles. The summed E-state index contributed by atoms with van der Waals surface area (Å²) in [5.74, 6) is 0. The highest BCUT2D eigenvalue weighted by atomic mass is 14.7. The molecule has 5 aromatic rings. The van der Waals surface area contributed by atoms with Crippen LogP contribution in [0.2, 0.25) is 0 Å². The number of aromatic nitrogens is 3. The highest BCUT2D eigenvalue weighted by Crippen LogP contribution is 2.28. The molecule has 2 aromatic carbocycles. The number of hydrogen-bond acceptors (Lipinski definition) is 3. The van der Waals surface area contributed by atoms with Gasteiger partial charge < -0.3 is 0 Å². The summed E-state index contributed by atoms with van der Waals surface area (Å²) in [5, 5.41) is 0. The molecule has 5 rings (SSSR count). The Labute approximate surface area is 182 Å². The van der Waals surface area contributed by atoms with Crippen molar-refractivity contribution in [1.82, 2.24) is 15.0 Å². The summed E-state index contributed by atoms with van der Waals surface area (Å²) in [4.78, 5) is 13.1. The van der Waals surface area contributed by atoms with Gasteiger partial charge in [0.15, 0.2) is 0 Å². The largest absolute Gasteiger partial charge is 0.265 e. The van der Waals surface area contributed by atoms with Gasteiger partial charge in [-0.3, -0.25) is 9.97 Å². The van der Waals surface area contributed by atoms with Gasteiger partial charge in [-0.25, -0.2) is 4.98 Å². The quantitative estimate of drug-likeness (QED) is 0.332. The van der Waals surface area contributed by atoms with Crippen LogP contribution in [0.5, 0.6) is 0 Å². The molecule has 0 atom stereocenters. The van der Waals surface area contributed by atoms with E-state index < -0.39 is 0 Å². The SMILES string of the molecule is Cc1cc(-c2ccc(-c3ccncc3)cc2)nc(-c2ccc(-c3ccncc3)cc2)c1. The summed E-state index contributed by atoms with van der Waals surface area (Å²) in [6.07, 6.45) is 7.27. The molecule has 0 saturated carbocycles. The van der Waals surface area contributed by atoms with E-state index in [2.05, 4.69) is 77.6 Å². The zero-order valence-corrected chi connectivity index (χ0v) is 17.2. The summed E-state index contributed by atoms with van der Waals surface area (Å²) in [5.41, 5.74) is 10.0. The van der Waals surface area contributed by atoms with Crippen molar-refractivity contribution < 1.29 is 0 Å². The van der Waals surface area contributed by atoms with Gasteiger partial charge in [0.2, 0.25) is 0 Å². The Balaban J connectivity index is 1.45. The Morgan fingerprint density at radius 1 is 0.419 bits per heavy atom. The van der Waals surface area contributed by atoms with Crippen molar-refractivity contribution in [3.63, 3.8) is 0 Å². The molecule has 0 spiro atoms. The van der Waals surface area contributed by atoms with Gasteiger partial charge in [0, 0.05) is 35.9 Å². The number of benzene rings is 2. The van der Waals surface area contributed by atoms with Crippen LogP contribution in [0, 0.1) is 6.92 Å². The van der Waals surface area contributed by atoms with E-state index >= 15 is 0 Å². The molecule has 0 unspecified atom stereocenters. The van der Waals surface area contributed by atoms with E-state index in [4.69, 9.17) is 4.98 Å². The van der Waals surface area contributed by atoms with E-state index in [0.717, 1.165) is 33.6 Å². The number of hydrogen-bond donors (Lipinski definition) is 0. The molecule has 31 heavy (non-hydrogen) atoms. The van der Waals surface area contributed by atoms with Crippen LogP contribution >= 0.6 is 0 Å². The van der Waals surface area contributed by atoms with Crippen LogP contribution in [0.25, 0.3) is 44.8 Å². The van der Waals surface area contributed by atoms with E-state index in [-0.39, 0.29) is 0 Å². The highest BCUT2D eigenvalue weighted by molar-refractivity contribution is 5.73. The highest BCUT2D eigenvalue weighted by Gasteiger charge is 2.07.